The van der Waals surface area contributed by atoms with Crippen LogP contribution in [0.3, 0.4) is 0 Å². The van der Waals surface area contributed by atoms with Crippen molar-refractivity contribution in [3.05, 3.63) is 54.4 Å². The van der Waals surface area contributed by atoms with Gasteiger partial charge >= 0.3 is 0 Å². The Morgan fingerprint density at radius 1 is 1.24 bits per heavy atom. The minimum atomic E-state index is -1.64. The number of aliphatic hydroxyl groups is 1. The van der Waals surface area contributed by atoms with E-state index in [1.165, 1.54) is 24.9 Å². The Morgan fingerprint density at radius 2 is 2.08 bits per heavy atom. The van der Waals surface area contributed by atoms with Crippen LogP contribution in [0.15, 0.2) is 53.6 Å². The highest BCUT2D eigenvalue weighted by atomic mass is 35.5. The number of amides is 2. The number of aromatic nitrogens is 3. The molecule has 10 nitrogen and oxygen atoms in total. The maximum absolute atomic E-state index is 13.0. The first-order chi connectivity index (χ1) is 16.9. The molecule has 2 aliphatic rings. The monoisotopic (exact) mass is 564 g/mol. The van der Waals surface area contributed by atoms with Crippen LogP contribution < -0.4 is 20.7 Å². The number of anilines is 2. The van der Waals surface area contributed by atoms with E-state index in [0.717, 1.165) is 10.6 Å². The number of rotatable bonds is 6. The van der Waals surface area contributed by atoms with Crippen molar-refractivity contribution < 1.29 is 19.4 Å². The molecule has 2 amide bonds. The summed E-state index contributed by atoms with van der Waals surface area (Å²) in [5.74, 6) is 0.807. The normalized spacial score (nSPS) is 20.2. The predicted molar refractivity (Wildman–Crippen MR) is 147 cm³/mol. The van der Waals surface area contributed by atoms with Gasteiger partial charge in [-0.25, -0.2) is 9.97 Å². The quantitative estimate of drug-likeness (QED) is 0.332. The molecule has 1 aliphatic carbocycles. The van der Waals surface area contributed by atoms with Crippen molar-refractivity contribution in [2.75, 3.05) is 23.5 Å². The van der Waals surface area contributed by atoms with Crippen LogP contribution in [0.1, 0.15) is 18.5 Å². The van der Waals surface area contributed by atoms with Crippen LogP contribution in [0, 0.1) is 0 Å². The lowest BCUT2D eigenvalue weighted by atomic mass is 9.87. The summed E-state index contributed by atoms with van der Waals surface area (Å²) in [6.45, 7) is 0.490. The van der Waals surface area contributed by atoms with Gasteiger partial charge in [0.25, 0.3) is 5.91 Å². The molecule has 0 bridgehead atoms. The van der Waals surface area contributed by atoms with Gasteiger partial charge in [0.05, 0.1) is 34.7 Å². The number of carbonyl (C=O) groups is 2. The second-order valence-electron chi connectivity index (χ2n) is 8.33. The molecule has 4 N–H and O–H groups in total. The Morgan fingerprint density at radius 3 is 2.84 bits per heavy atom. The molecule has 3 aromatic rings. The number of ether oxygens (including phenoxy) is 1. The van der Waals surface area contributed by atoms with Crippen LogP contribution in [0.2, 0.25) is 0 Å². The first kappa shape index (κ1) is 28.6. The molecule has 0 unspecified atom stereocenters. The number of methoxy groups -OCH3 is 1. The fraction of sp³-hybridized carbons (Fsp3) is 0.292. The molecule has 1 aliphatic heterocycles. The van der Waals surface area contributed by atoms with E-state index in [0.29, 0.717) is 47.1 Å². The fourth-order valence-corrected chi connectivity index (χ4v) is 4.74. The molecule has 0 fully saturated rings. The molecule has 0 radical (unpaired) electrons. The van der Waals surface area contributed by atoms with Gasteiger partial charge in [0.1, 0.15) is 11.3 Å². The Kier molecular flexibility index (Phi) is 9.32. The van der Waals surface area contributed by atoms with E-state index in [1.54, 1.807) is 30.5 Å². The third-order valence-corrected chi connectivity index (χ3v) is 6.97. The van der Waals surface area contributed by atoms with Crippen LogP contribution in [-0.2, 0) is 16.1 Å². The summed E-state index contributed by atoms with van der Waals surface area (Å²) in [5, 5.41) is 19.9. The summed E-state index contributed by atoms with van der Waals surface area (Å²) in [6, 6.07) is 8.94. The number of nitrogens with one attached hydrogen (secondary N) is 3. The third-order valence-electron chi connectivity index (χ3n) is 5.93. The highest BCUT2D eigenvalue weighted by Gasteiger charge is 2.36. The Labute approximate surface area is 229 Å². The van der Waals surface area contributed by atoms with Crippen molar-refractivity contribution in [3.8, 4) is 5.88 Å². The molecular formula is C24H26Cl2N6O4S. The van der Waals surface area contributed by atoms with Gasteiger partial charge in [-0.15, -0.1) is 36.6 Å². The largest absolute Gasteiger partial charge is 0.481 e. The van der Waals surface area contributed by atoms with Gasteiger partial charge in [0.15, 0.2) is 5.60 Å². The molecule has 196 valence electrons. The van der Waals surface area contributed by atoms with Crippen LogP contribution in [0.4, 0.5) is 11.5 Å². The molecule has 3 aromatic heterocycles. The predicted octanol–water partition coefficient (Wildman–Crippen LogP) is 3.10. The molecule has 5 rings (SSSR count). The summed E-state index contributed by atoms with van der Waals surface area (Å²) in [7, 11) is 1.52. The lowest BCUT2D eigenvalue weighted by molar-refractivity contribution is -0.130. The number of carbonyl (C=O) groups excluding carboxylic acids is 2. The summed E-state index contributed by atoms with van der Waals surface area (Å²) in [4.78, 5) is 38.7. The third kappa shape index (κ3) is 6.31. The van der Waals surface area contributed by atoms with Crippen molar-refractivity contribution in [2.45, 2.75) is 35.9 Å². The summed E-state index contributed by atoms with van der Waals surface area (Å²) >= 11 is 1.47. The van der Waals surface area contributed by atoms with Crippen molar-refractivity contribution in [3.63, 3.8) is 0 Å². The molecule has 2 atom stereocenters. The zero-order valence-corrected chi connectivity index (χ0v) is 22.2. The second kappa shape index (κ2) is 12.1. The lowest BCUT2D eigenvalue weighted by Crippen LogP contribution is -2.45. The number of halogens is 2. The van der Waals surface area contributed by atoms with E-state index in [-0.39, 0.29) is 43.2 Å². The summed E-state index contributed by atoms with van der Waals surface area (Å²) in [5.41, 5.74) is 0.692. The summed E-state index contributed by atoms with van der Waals surface area (Å²) < 4.78 is 5.17. The zero-order valence-electron chi connectivity index (χ0n) is 19.8. The number of nitrogens with zero attached hydrogens (tertiary/aromatic N) is 3. The average Bonchev–Trinajstić information content (AvgIpc) is 2.88. The topological polar surface area (TPSA) is 138 Å². The highest BCUT2D eigenvalue weighted by Crippen LogP contribution is 2.30. The van der Waals surface area contributed by atoms with Crippen LogP contribution in [0.5, 0.6) is 5.88 Å². The zero-order chi connectivity index (χ0) is 24.4. The number of pyridine rings is 3. The van der Waals surface area contributed by atoms with Crippen LogP contribution in [0.25, 0.3) is 11.0 Å². The maximum atomic E-state index is 13.0. The minimum Gasteiger partial charge on any atom is -0.481 e. The van der Waals surface area contributed by atoms with Gasteiger partial charge in [0.2, 0.25) is 11.8 Å². The van der Waals surface area contributed by atoms with E-state index >= 15 is 0 Å². The maximum Gasteiger partial charge on any atom is 0.260 e. The Bertz CT molecular complexity index is 1340. The summed E-state index contributed by atoms with van der Waals surface area (Å²) in [6.07, 6.45) is 5.70. The Balaban J connectivity index is 0.00000190. The lowest BCUT2D eigenvalue weighted by Gasteiger charge is -2.30. The standard InChI is InChI=1S/C24H24N6O4S.2ClH/c1-34-20-5-3-16-21(30-20)17(8-11-25-16)28-23(32)24(33)9-6-14(7-10-24)26-12-15-2-4-18-22(27-15)29-19(31)13-35-18;;/h2-6,8-9,11,14,26,33H,7,10,12-13H2,1H3,(H,25,28,32)(H,27,29,31);2*1H/t14-,24+;;/m0../s1. The molecule has 0 aromatic carbocycles. The second-order valence-corrected chi connectivity index (χ2v) is 9.35. The first-order valence-electron chi connectivity index (χ1n) is 11.1. The number of hydrogen-bond acceptors (Lipinski definition) is 9. The highest BCUT2D eigenvalue weighted by molar-refractivity contribution is 8.00. The van der Waals surface area contributed by atoms with Gasteiger partial charge in [-0.2, -0.15) is 0 Å². The number of thioether (sulfide) groups is 1. The minimum absolute atomic E-state index is 0. The molecular weight excluding hydrogens is 539 g/mol. The van der Waals surface area contributed by atoms with Gasteiger partial charge < -0.3 is 25.8 Å². The number of hydrogen-bond donors (Lipinski definition) is 4. The molecule has 0 saturated carbocycles. The molecule has 37 heavy (non-hydrogen) atoms. The number of fused-ring (bicyclic) bond motifs is 2. The van der Waals surface area contributed by atoms with E-state index in [1.807, 2.05) is 12.1 Å². The van der Waals surface area contributed by atoms with Gasteiger partial charge in [-0.05, 0) is 43.2 Å². The van der Waals surface area contributed by atoms with Crippen molar-refractivity contribution in [1.29, 1.82) is 0 Å². The molecule has 13 heteroatoms. The van der Waals surface area contributed by atoms with E-state index in [9.17, 15) is 14.7 Å². The SMILES string of the molecule is COc1ccc2nccc(NC(=O)[C@@]3(O)C=C[C@H](NCc4ccc5c(n4)NC(=O)CS5)CC3)c2n1.Cl.Cl. The van der Waals surface area contributed by atoms with Gasteiger partial charge in [0, 0.05) is 24.8 Å². The van der Waals surface area contributed by atoms with Crippen molar-refractivity contribution >= 4 is 70.9 Å². The van der Waals surface area contributed by atoms with Crippen LogP contribution >= 0.6 is 36.6 Å². The molecule has 4 heterocycles. The van der Waals surface area contributed by atoms with Crippen molar-refractivity contribution in [2.24, 2.45) is 0 Å². The van der Waals surface area contributed by atoms with Crippen LogP contribution in [-0.4, -0.2) is 56.4 Å². The van der Waals surface area contributed by atoms with E-state index in [2.05, 4.69) is 30.9 Å². The molecule has 0 saturated heterocycles. The van der Waals surface area contributed by atoms with Crippen molar-refractivity contribution in [1.82, 2.24) is 20.3 Å². The fourth-order valence-electron chi connectivity index (χ4n) is 3.98. The van der Waals surface area contributed by atoms with E-state index < -0.39 is 11.5 Å². The first-order valence-corrected chi connectivity index (χ1v) is 12.1. The van der Waals surface area contributed by atoms with Gasteiger partial charge in [-0.3, -0.25) is 14.6 Å². The smallest absolute Gasteiger partial charge is 0.260 e. The molecule has 0 spiro atoms. The van der Waals surface area contributed by atoms with E-state index in [4.69, 9.17) is 4.74 Å². The average molecular weight is 565 g/mol. The Hall–Kier alpha value is -2.96. The van der Waals surface area contributed by atoms with Gasteiger partial charge in [-0.1, -0.05) is 6.08 Å².